The molecule has 98 valence electrons. The van der Waals surface area contributed by atoms with Gasteiger partial charge in [-0.25, -0.2) is 4.39 Å². The molecule has 0 spiro atoms. The van der Waals surface area contributed by atoms with Crippen LogP contribution in [0, 0.1) is 11.2 Å². The van der Waals surface area contributed by atoms with Crippen molar-refractivity contribution in [1.82, 2.24) is 4.90 Å². The van der Waals surface area contributed by atoms with E-state index in [2.05, 4.69) is 0 Å². The molecule has 4 nitrogen and oxygen atoms in total. The lowest BCUT2D eigenvalue weighted by Gasteiger charge is -2.40. The van der Waals surface area contributed by atoms with Gasteiger partial charge in [-0.3, -0.25) is 4.79 Å². The summed E-state index contributed by atoms with van der Waals surface area (Å²) in [6.07, 6.45) is 0. The molecule has 0 radical (unpaired) electrons. The third kappa shape index (κ3) is 2.37. The highest BCUT2D eigenvalue weighted by Crippen LogP contribution is 2.29. The van der Waals surface area contributed by atoms with Crippen LogP contribution >= 0.6 is 0 Å². The summed E-state index contributed by atoms with van der Waals surface area (Å²) in [5.41, 5.74) is -0.0820. The van der Waals surface area contributed by atoms with Gasteiger partial charge >= 0.3 is 0 Å². The number of nitrogens with zero attached hydrogens (tertiary/aromatic N) is 1. The molecule has 1 heterocycles. The molecule has 18 heavy (non-hydrogen) atoms. The zero-order chi connectivity index (χ0) is 13.2. The van der Waals surface area contributed by atoms with Crippen molar-refractivity contribution in [3.8, 4) is 0 Å². The van der Waals surface area contributed by atoms with Crippen LogP contribution in [0.1, 0.15) is 5.56 Å². The molecule has 1 saturated heterocycles. The lowest BCUT2D eigenvalue weighted by atomic mass is 9.85. The lowest BCUT2D eigenvalue weighted by molar-refractivity contribution is -0.179. The average Bonchev–Trinajstić information content (AvgIpc) is 2.28. The topological polar surface area (TPSA) is 49.8 Å². The van der Waals surface area contributed by atoms with Crippen molar-refractivity contribution in [3.05, 3.63) is 35.6 Å². The minimum absolute atomic E-state index is 0.166. The van der Waals surface area contributed by atoms with Crippen molar-refractivity contribution in [2.45, 2.75) is 6.54 Å². The zero-order valence-corrected chi connectivity index (χ0v) is 10.2. The fourth-order valence-electron chi connectivity index (χ4n) is 2.02. The second kappa shape index (κ2) is 5.04. The highest BCUT2D eigenvalue weighted by Gasteiger charge is 2.46. The Labute approximate surface area is 105 Å². The van der Waals surface area contributed by atoms with Gasteiger partial charge in [-0.15, -0.1) is 0 Å². The van der Waals surface area contributed by atoms with Crippen LogP contribution in [0.2, 0.25) is 0 Å². The summed E-state index contributed by atoms with van der Waals surface area (Å²) in [7, 11) is 1.64. The van der Waals surface area contributed by atoms with Gasteiger partial charge in [0.25, 0.3) is 0 Å². The normalized spacial score (nSPS) is 17.1. The van der Waals surface area contributed by atoms with E-state index in [1.54, 1.807) is 19.2 Å². The van der Waals surface area contributed by atoms with E-state index in [0.29, 0.717) is 6.54 Å². The Morgan fingerprint density at radius 2 is 2.28 bits per heavy atom. The maximum Gasteiger partial charge on any atom is 0.235 e. The summed E-state index contributed by atoms with van der Waals surface area (Å²) < 4.78 is 18.0. The first-order chi connectivity index (χ1) is 8.57. The maximum absolute atomic E-state index is 13.0. The van der Waals surface area contributed by atoms with Crippen molar-refractivity contribution in [2.24, 2.45) is 5.41 Å². The quantitative estimate of drug-likeness (QED) is 0.863. The molecule has 0 bridgehead atoms. The largest absolute Gasteiger partial charge is 0.395 e. The molecular weight excluding hydrogens is 237 g/mol. The van der Waals surface area contributed by atoms with Crippen molar-refractivity contribution in [1.29, 1.82) is 0 Å². The summed E-state index contributed by atoms with van der Waals surface area (Å²) in [4.78, 5) is 13.7. The molecule has 1 fully saturated rings. The molecule has 1 N–H and O–H groups in total. The first-order valence-electron chi connectivity index (χ1n) is 5.76. The Hall–Kier alpha value is -1.46. The van der Waals surface area contributed by atoms with Gasteiger partial charge in [0.15, 0.2) is 0 Å². The molecule has 1 amide bonds. The smallest absolute Gasteiger partial charge is 0.235 e. The van der Waals surface area contributed by atoms with E-state index in [4.69, 9.17) is 4.74 Å². The van der Waals surface area contributed by atoms with E-state index in [1.807, 2.05) is 0 Å². The highest BCUT2D eigenvalue weighted by molar-refractivity contribution is 5.83. The molecule has 1 aliphatic heterocycles. The van der Waals surface area contributed by atoms with Crippen LogP contribution in [0.5, 0.6) is 0 Å². The van der Waals surface area contributed by atoms with E-state index in [0.717, 1.165) is 5.56 Å². The van der Waals surface area contributed by atoms with Gasteiger partial charge in [0.2, 0.25) is 5.91 Å². The first kappa shape index (κ1) is 13.0. The molecular formula is C13H16FNO3. The molecule has 0 unspecified atom stereocenters. The number of hydrogen-bond donors (Lipinski definition) is 1. The summed E-state index contributed by atoms with van der Waals surface area (Å²) in [5, 5.41) is 9.28. The number of ether oxygens (including phenoxy) is 1. The van der Waals surface area contributed by atoms with Crippen LogP contribution in [-0.4, -0.2) is 42.8 Å². The van der Waals surface area contributed by atoms with Gasteiger partial charge in [0.05, 0.1) is 19.8 Å². The van der Waals surface area contributed by atoms with Crippen LogP contribution in [0.3, 0.4) is 0 Å². The van der Waals surface area contributed by atoms with Gasteiger partial charge in [-0.2, -0.15) is 0 Å². The number of benzene rings is 1. The molecule has 0 saturated carbocycles. The number of rotatable bonds is 4. The predicted octanol–water partition coefficient (Wildman–Crippen LogP) is 0.793. The van der Waals surface area contributed by atoms with E-state index < -0.39 is 5.41 Å². The van der Waals surface area contributed by atoms with Crippen LogP contribution in [0.25, 0.3) is 0 Å². The third-order valence-corrected chi connectivity index (χ3v) is 3.17. The van der Waals surface area contributed by atoms with Crippen LogP contribution in [0.15, 0.2) is 24.3 Å². The van der Waals surface area contributed by atoms with Gasteiger partial charge in [0, 0.05) is 13.6 Å². The highest BCUT2D eigenvalue weighted by atomic mass is 19.1. The number of carbonyl (C=O) groups is 1. The Kier molecular flexibility index (Phi) is 3.63. The second-order valence-electron chi connectivity index (χ2n) is 4.72. The second-order valence-corrected chi connectivity index (χ2v) is 4.72. The Morgan fingerprint density at radius 1 is 1.56 bits per heavy atom. The third-order valence-electron chi connectivity index (χ3n) is 3.17. The van der Waals surface area contributed by atoms with Gasteiger partial charge in [-0.1, -0.05) is 12.1 Å². The van der Waals surface area contributed by atoms with E-state index >= 15 is 0 Å². The molecule has 1 aromatic carbocycles. The molecule has 1 aromatic rings. The average molecular weight is 253 g/mol. The summed E-state index contributed by atoms with van der Waals surface area (Å²) in [6.45, 7) is 0.587. The summed E-state index contributed by atoms with van der Waals surface area (Å²) >= 11 is 0. The number of hydrogen-bond acceptors (Lipinski definition) is 3. The van der Waals surface area contributed by atoms with Crippen molar-refractivity contribution < 1.29 is 19.0 Å². The number of carbonyl (C=O) groups excluding carboxylic acids is 1. The van der Waals surface area contributed by atoms with Crippen LogP contribution in [-0.2, 0) is 16.1 Å². The predicted molar refractivity (Wildman–Crippen MR) is 63.2 cm³/mol. The fraction of sp³-hybridized carbons (Fsp3) is 0.462. The standard InChI is InChI=1S/C13H16FNO3/c1-15(6-10-3-2-4-11(14)5-10)12(17)13(7-16)8-18-9-13/h2-5,16H,6-9H2,1H3. The van der Waals surface area contributed by atoms with E-state index in [9.17, 15) is 14.3 Å². The van der Waals surface area contributed by atoms with Crippen molar-refractivity contribution >= 4 is 5.91 Å². The van der Waals surface area contributed by atoms with Crippen LogP contribution in [0.4, 0.5) is 4.39 Å². The number of aliphatic hydroxyl groups is 1. The molecule has 2 rings (SSSR count). The van der Waals surface area contributed by atoms with E-state index in [-0.39, 0.29) is 31.5 Å². The number of amides is 1. The number of halogens is 1. The maximum atomic E-state index is 13.0. The van der Waals surface area contributed by atoms with Crippen molar-refractivity contribution in [3.63, 3.8) is 0 Å². The zero-order valence-electron chi connectivity index (χ0n) is 10.2. The lowest BCUT2D eigenvalue weighted by Crippen LogP contribution is -2.56. The number of aliphatic hydroxyl groups excluding tert-OH is 1. The molecule has 0 aliphatic carbocycles. The monoisotopic (exact) mass is 253 g/mol. The first-order valence-corrected chi connectivity index (χ1v) is 5.76. The minimum atomic E-state index is -0.803. The SMILES string of the molecule is CN(Cc1cccc(F)c1)C(=O)C1(CO)COC1. The van der Waals surface area contributed by atoms with Gasteiger partial charge in [0.1, 0.15) is 11.2 Å². The summed E-state index contributed by atoms with van der Waals surface area (Å²) in [6, 6.07) is 6.12. The fourth-order valence-corrected chi connectivity index (χ4v) is 2.02. The Bertz CT molecular complexity index is 440. The van der Waals surface area contributed by atoms with Crippen molar-refractivity contribution in [2.75, 3.05) is 26.9 Å². The molecule has 0 atom stereocenters. The summed E-state index contributed by atoms with van der Waals surface area (Å²) in [5.74, 6) is -0.488. The molecule has 5 heteroatoms. The molecule has 0 aromatic heterocycles. The Morgan fingerprint density at radius 3 is 2.78 bits per heavy atom. The van der Waals surface area contributed by atoms with Gasteiger partial charge < -0.3 is 14.7 Å². The van der Waals surface area contributed by atoms with E-state index in [1.165, 1.54) is 17.0 Å². The minimum Gasteiger partial charge on any atom is -0.395 e. The van der Waals surface area contributed by atoms with Gasteiger partial charge in [-0.05, 0) is 17.7 Å². The Balaban J connectivity index is 2.03. The van der Waals surface area contributed by atoms with Crippen LogP contribution < -0.4 is 0 Å². The molecule has 1 aliphatic rings.